The third kappa shape index (κ3) is 4.34. The molecule has 0 aliphatic rings. The number of rotatable bonds is 4. The Morgan fingerprint density at radius 3 is 2.63 bits per heavy atom. The smallest absolute Gasteiger partial charge is 0.281 e. The van der Waals surface area contributed by atoms with E-state index in [9.17, 15) is 14.0 Å². The predicted octanol–water partition coefficient (Wildman–Crippen LogP) is 3.41. The van der Waals surface area contributed by atoms with Gasteiger partial charge in [0, 0.05) is 10.1 Å². The monoisotopic (exact) mass is 403 g/mol. The Hall–Kier alpha value is -3.15. The van der Waals surface area contributed by atoms with Crippen LogP contribution in [0, 0.1) is 17.1 Å². The molecule has 0 fully saturated rings. The zero-order valence-corrected chi connectivity index (χ0v) is 15.2. The van der Waals surface area contributed by atoms with Crippen LogP contribution in [0.15, 0.2) is 42.5 Å². The maximum absolute atomic E-state index is 13.3. The summed E-state index contributed by atoms with van der Waals surface area (Å²) in [6.07, 6.45) is 0. The molecule has 0 radical (unpaired) electrons. The molecule has 2 aromatic carbocycles. The van der Waals surface area contributed by atoms with Crippen LogP contribution in [0.1, 0.15) is 15.2 Å². The van der Waals surface area contributed by atoms with E-state index in [0.29, 0.717) is 21.4 Å². The zero-order chi connectivity index (χ0) is 19.4. The van der Waals surface area contributed by atoms with Gasteiger partial charge < -0.3 is 4.74 Å². The Morgan fingerprint density at radius 2 is 1.93 bits per heavy atom. The van der Waals surface area contributed by atoms with Gasteiger partial charge in [0.25, 0.3) is 11.8 Å². The summed E-state index contributed by atoms with van der Waals surface area (Å²) in [4.78, 5) is 24.2. The number of ether oxygens (including phenoxy) is 1. The molecule has 6 nitrogen and oxygen atoms in total. The first-order valence-electron chi connectivity index (χ1n) is 7.57. The Balaban J connectivity index is 1.56. The standard InChI is InChI=1S/C18H11ClFN3O3S/c19-16-13-6-3-11(20)7-14(13)27-17(16)18(25)23-22-15(24)9-26-12-4-1-10(8-21)2-5-12/h1-7H,9H2,(H,22,24)(H,23,25). The number of nitrogens with one attached hydrogen (secondary N) is 2. The minimum Gasteiger partial charge on any atom is -0.484 e. The van der Waals surface area contributed by atoms with E-state index in [-0.39, 0.29) is 16.5 Å². The van der Waals surface area contributed by atoms with Gasteiger partial charge in [-0.1, -0.05) is 11.6 Å². The maximum Gasteiger partial charge on any atom is 0.281 e. The number of carbonyl (C=O) groups is 2. The fraction of sp³-hybridized carbons (Fsp3) is 0.0556. The van der Waals surface area contributed by atoms with E-state index < -0.39 is 17.6 Å². The van der Waals surface area contributed by atoms with Gasteiger partial charge in [0.1, 0.15) is 16.4 Å². The Labute approximate surface area is 162 Å². The van der Waals surface area contributed by atoms with Crippen LogP contribution in [-0.2, 0) is 4.79 Å². The number of carbonyl (C=O) groups excluding carboxylic acids is 2. The summed E-state index contributed by atoms with van der Waals surface area (Å²) >= 11 is 7.17. The molecule has 0 aliphatic carbocycles. The van der Waals surface area contributed by atoms with Crippen LogP contribution in [0.5, 0.6) is 5.75 Å². The second-order valence-electron chi connectivity index (χ2n) is 5.31. The van der Waals surface area contributed by atoms with Crippen LogP contribution in [0.4, 0.5) is 4.39 Å². The molecule has 0 saturated heterocycles. The quantitative estimate of drug-likeness (QED) is 0.653. The van der Waals surface area contributed by atoms with E-state index in [1.165, 1.54) is 18.2 Å². The minimum absolute atomic E-state index is 0.158. The van der Waals surface area contributed by atoms with Crippen molar-refractivity contribution in [2.75, 3.05) is 6.61 Å². The fourth-order valence-corrected chi connectivity index (χ4v) is 3.62. The number of fused-ring (bicyclic) bond motifs is 1. The lowest BCUT2D eigenvalue weighted by Crippen LogP contribution is -2.43. The highest BCUT2D eigenvalue weighted by Crippen LogP contribution is 2.35. The van der Waals surface area contributed by atoms with Gasteiger partial charge in [0.2, 0.25) is 0 Å². The molecule has 3 rings (SSSR count). The molecule has 0 unspecified atom stereocenters. The largest absolute Gasteiger partial charge is 0.484 e. The van der Waals surface area contributed by atoms with Crippen LogP contribution in [0.25, 0.3) is 10.1 Å². The second kappa shape index (κ2) is 8.03. The van der Waals surface area contributed by atoms with E-state index >= 15 is 0 Å². The Kier molecular flexibility index (Phi) is 5.54. The van der Waals surface area contributed by atoms with E-state index in [1.54, 1.807) is 24.3 Å². The number of nitrogens with zero attached hydrogens (tertiary/aromatic N) is 1. The number of halogens is 2. The molecule has 0 bridgehead atoms. The van der Waals surface area contributed by atoms with Crippen LogP contribution in [0.3, 0.4) is 0 Å². The Bertz CT molecular complexity index is 1060. The van der Waals surface area contributed by atoms with Crippen molar-refractivity contribution < 1.29 is 18.7 Å². The van der Waals surface area contributed by atoms with E-state index in [0.717, 1.165) is 11.3 Å². The summed E-state index contributed by atoms with van der Waals surface area (Å²) in [6, 6.07) is 12.2. The van der Waals surface area contributed by atoms with Crippen molar-refractivity contribution in [3.8, 4) is 11.8 Å². The first-order valence-corrected chi connectivity index (χ1v) is 8.77. The summed E-state index contributed by atoms with van der Waals surface area (Å²) in [5, 5.41) is 9.47. The third-order valence-electron chi connectivity index (χ3n) is 3.47. The lowest BCUT2D eigenvalue weighted by Gasteiger charge is -2.08. The average molecular weight is 404 g/mol. The van der Waals surface area contributed by atoms with Crippen LogP contribution >= 0.6 is 22.9 Å². The number of benzene rings is 2. The van der Waals surface area contributed by atoms with Crippen LogP contribution in [-0.4, -0.2) is 18.4 Å². The molecule has 1 heterocycles. The molecule has 0 saturated carbocycles. The van der Waals surface area contributed by atoms with Crippen LogP contribution < -0.4 is 15.6 Å². The maximum atomic E-state index is 13.3. The number of nitriles is 1. The highest BCUT2D eigenvalue weighted by atomic mass is 35.5. The van der Waals surface area contributed by atoms with E-state index in [4.69, 9.17) is 21.6 Å². The highest BCUT2D eigenvalue weighted by molar-refractivity contribution is 7.21. The summed E-state index contributed by atoms with van der Waals surface area (Å²) in [5.41, 5.74) is 4.93. The molecule has 0 aliphatic heterocycles. The van der Waals surface area contributed by atoms with Gasteiger partial charge in [-0.3, -0.25) is 20.4 Å². The summed E-state index contributed by atoms with van der Waals surface area (Å²) in [6.45, 7) is -0.336. The molecule has 0 atom stereocenters. The molecule has 3 aromatic rings. The van der Waals surface area contributed by atoms with Crippen molar-refractivity contribution in [2.24, 2.45) is 0 Å². The first-order chi connectivity index (χ1) is 13.0. The molecule has 136 valence electrons. The fourth-order valence-electron chi connectivity index (χ4n) is 2.18. The zero-order valence-electron chi connectivity index (χ0n) is 13.6. The number of thiophene rings is 1. The van der Waals surface area contributed by atoms with Crippen molar-refractivity contribution in [1.29, 1.82) is 5.26 Å². The van der Waals surface area contributed by atoms with Crippen molar-refractivity contribution in [1.82, 2.24) is 10.9 Å². The third-order valence-corrected chi connectivity index (χ3v) is 5.12. The number of hydrogen-bond donors (Lipinski definition) is 2. The molecule has 2 N–H and O–H groups in total. The SMILES string of the molecule is N#Cc1ccc(OCC(=O)NNC(=O)c2sc3cc(F)ccc3c2Cl)cc1. The molecule has 1 aromatic heterocycles. The average Bonchev–Trinajstić information content (AvgIpc) is 3.00. The van der Waals surface area contributed by atoms with Gasteiger partial charge in [0.15, 0.2) is 6.61 Å². The normalized spacial score (nSPS) is 10.3. The van der Waals surface area contributed by atoms with Crippen LogP contribution in [0.2, 0.25) is 5.02 Å². The highest BCUT2D eigenvalue weighted by Gasteiger charge is 2.18. The lowest BCUT2D eigenvalue weighted by atomic mass is 10.2. The molecule has 2 amide bonds. The van der Waals surface area contributed by atoms with Crippen molar-refractivity contribution in [3.63, 3.8) is 0 Å². The molecule has 9 heteroatoms. The van der Waals surface area contributed by atoms with Gasteiger partial charge in [-0.2, -0.15) is 5.26 Å². The van der Waals surface area contributed by atoms with Gasteiger partial charge in [-0.15, -0.1) is 11.3 Å². The van der Waals surface area contributed by atoms with Crippen molar-refractivity contribution >= 4 is 44.8 Å². The molecule has 27 heavy (non-hydrogen) atoms. The molecule has 0 spiro atoms. The first kappa shape index (κ1) is 18.6. The summed E-state index contributed by atoms with van der Waals surface area (Å²) in [7, 11) is 0. The minimum atomic E-state index is -0.617. The van der Waals surface area contributed by atoms with Gasteiger partial charge in [-0.05, 0) is 42.5 Å². The van der Waals surface area contributed by atoms with Gasteiger partial charge in [0.05, 0.1) is 16.7 Å². The van der Waals surface area contributed by atoms with Crippen molar-refractivity contribution in [3.05, 3.63) is 63.7 Å². The number of hydrogen-bond acceptors (Lipinski definition) is 5. The van der Waals surface area contributed by atoms with Gasteiger partial charge in [-0.25, -0.2) is 4.39 Å². The number of amides is 2. The van der Waals surface area contributed by atoms with Gasteiger partial charge >= 0.3 is 0 Å². The van der Waals surface area contributed by atoms with Crippen molar-refractivity contribution in [2.45, 2.75) is 0 Å². The topological polar surface area (TPSA) is 91.2 Å². The van der Waals surface area contributed by atoms with E-state index in [1.807, 2.05) is 6.07 Å². The second-order valence-corrected chi connectivity index (χ2v) is 6.74. The lowest BCUT2D eigenvalue weighted by molar-refractivity contribution is -0.123. The summed E-state index contributed by atoms with van der Waals surface area (Å²) < 4.78 is 19.1. The predicted molar refractivity (Wildman–Crippen MR) is 99.1 cm³/mol. The summed E-state index contributed by atoms with van der Waals surface area (Å²) in [5.74, 6) is -1.23. The Morgan fingerprint density at radius 1 is 1.19 bits per heavy atom. The number of hydrazine groups is 1. The molecular formula is C18H11ClFN3O3S. The molecular weight excluding hydrogens is 393 g/mol. The van der Waals surface area contributed by atoms with E-state index in [2.05, 4.69) is 10.9 Å².